The van der Waals surface area contributed by atoms with E-state index in [0.717, 1.165) is 0 Å². The van der Waals surface area contributed by atoms with Gasteiger partial charge >= 0.3 is 5.97 Å². The van der Waals surface area contributed by atoms with Gasteiger partial charge in [-0.2, -0.15) is 11.8 Å². The van der Waals surface area contributed by atoms with E-state index in [0.29, 0.717) is 5.75 Å². The third-order valence-corrected chi connectivity index (χ3v) is 3.17. The fourth-order valence-corrected chi connectivity index (χ4v) is 1.73. The van der Waals surface area contributed by atoms with Crippen LogP contribution in [0.25, 0.3) is 0 Å². The van der Waals surface area contributed by atoms with Crippen LogP contribution in [-0.2, 0) is 14.3 Å². The molecule has 1 saturated heterocycles. The van der Waals surface area contributed by atoms with E-state index in [1.807, 2.05) is 6.26 Å². The highest BCUT2D eigenvalue weighted by Crippen LogP contribution is 2.27. The lowest BCUT2D eigenvalue weighted by molar-refractivity contribution is -0.222. The first-order valence-electron chi connectivity index (χ1n) is 5.09. The standard InChI is InChI=1S/C10H18O5S/c1-9(5-11)6-14-8(12)10(13,15-7-9)3-4-16-2/h11,13H,3-7H2,1-2H3. The van der Waals surface area contributed by atoms with E-state index in [1.54, 1.807) is 6.92 Å². The summed E-state index contributed by atoms with van der Waals surface area (Å²) in [4.78, 5) is 11.6. The fourth-order valence-electron chi connectivity index (χ4n) is 1.25. The quantitative estimate of drug-likeness (QED) is 0.684. The molecule has 6 heteroatoms. The first kappa shape index (κ1) is 13.8. The highest BCUT2D eigenvalue weighted by atomic mass is 32.2. The maximum Gasteiger partial charge on any atom is 0.366 e. The molecule has 0 amide bonds. The normalized spacial score (nSPS) is 35.6. The zero-order valence-electron chi connectivity index (χ0n) is 9.56. The predicted molar refractivity (Wildman–Crippen MR) is 60.1 cm³/mol. The summed E-state index contributed by atoms with van der Waals surface area (Å²) >= 11 is 1.51. The van der Waals surface area contributed by atoms with Gasteiger partial charge in [0.2, 0.25) is 0 Å². The Morgan fingerprint density at radius 3 is 2.75 bits per heavy atom. The smallest absolute Gasteiger partial charge is 0.366 e. The molecule has 0 saturated carbocycles. The first-order chi connectivity index (χ1) is 7.46. The number of hydrogen-bond acceptors (Lipinski definition) is 6. The third kappa shape index (κ3) is 3.10. The van der Waals surface area contributed by atoms with Crippen LogP contribution in [0.5, 0.6) is 0 Å². The minimum Gasteiger partial charge on any atom is -0.461 e. The Kier molecular flexibility index (Phi) is 4.61. The van der Waals surface area contributed by atoms with Gasteiger partial charge in [0.1, 0.15) is 6.61 Å². The highest BCUT2D eigenvalue weighted by Gasteiger charge is 2.44. The second-order valence-electron chi connectivity index (χ2n) is 4.36. The summed E-state index contributed by atoms with van der Waals surface area (Å²) < 4.78 is 10.2. The van der Waals surface area contributed by atoms with Crippen molar-refractivity contribution in [1.82, 2.24) is 0 Å². The van der Waals surface area contributed by atoms with Crippen molar-refractivity contribution in [2.75, 3.05) is 31.8 Å². The van der Waals surface area contributed by atoms with E-state index >= 15 is 0 Å². The molecular formula is C10H18O5S. The summed E-state index contributed by atoms with van der Waals surface area (Å²) in [5.74, 6) is -2.03. The number of cyclic esters (lactones) is 1. The molecule has 0 bridgehead atoms. The molecule has 1 heterocycles. The van der Waals surface area contributed by atoms with Gasteiger partial charge in [0, 0.05) is 11.8 Å². The van der Waals surface area contributed by atoms with Crippen LogP contribution < -0.4 is 0 Å². The van der Waals surface area contributed by atoms with Gasteiger partial charge in [0.15, 0.2) is 0 Å². The topological polar surface area (TPSA) is 76.0 Å². The zero-order valence-corrected chi connectivity index (χ0v) is 10.4. The Labute approximate surface area is 99.1 Å². The van der Waals surface area contributed by atoms with Gasteiger partial charge in [0.25, 0.3) is 5.79 Å². The van der Waals surface area contributed by atoms with Gasteiger partial charge in [-0.1, -0.05) is 6.92 Å². The Balaban J connectivity index is 2.70. The van der Waals surface area contributed by atoms with Crippen molar-refractivity contribution < 1.29 is 24.5 Å². The van der Waals surface area contributed by atoms with Crippen LogP contribution in [-0.4, -0.2) is 53.8 Å². The van der Waals surface area contributed by atoms with E-state index in [2.05, 4.69) is 0 Å². The van der Waals surface area contributed by atoms with Gasteiger partial charge in [-0.25, -0.2) is 4.79 Å². The first-order valence-corrected chi connectivity index (χ1v) is 6.48. The Morgan fingerprint density at radius 1 is 1.50 bits per heavy atom. The van der Waals surface area contributed by atoms with Crippen LogP contribution in [0.4, 0.5) is 0 Å². The third-order valence-electron chi connectivity index (χ3n) is 2.56. The van der Waals surface area contributed by atoms with Gasteiger partial charge in [-0.05, 0) is 12.0 Å². The van der Waals surface area contributed by atoms with E-state index in [9.17, 15) is 9.90 Å². The largest absolute Gasteiger partial charge is 0.461 e. The molecule has 0 aromatic rings. The number of rotatable bonds is 4. The molecule has 16 heavy (non-hydrogen) atoms. The Hall–Kier alpha value is -0.300. The van der Waals surface area contributed by atoms with Crippen molar-refractivity contribution in [2.24, 2.45) is 5.41 Å². The average molecular weight is 250 g/mol. The molecule has 1 aliphatic heterocycles. The molecule has 94 valence electrons. The van der Waals surface area contributed by atoms with Gasteiger partial charge in [-0.15, -0.1) is 0 Å². The minimum absolute atomic E-state index is 0.0594. The molecule has 0 aliphatic carbocycles. The fraction of sp³-hybridized carbons (Fsp3) is 0.900. The lowest BCUT2D eigenvalue weighted by Crippen LogP contribution is -2.42. The summed E-state index contributed by atoms with van der Waals surface area (Å²) in [6.07, 6.45) is 2.07. The average Bonchev–Trinajstić information content (AvgIpc) is 2.40. The molecular weight excluding hydrogens is 232 g/mol. The number of ether oxygens (including phenoxy) is 2. The Bertz CT molecular complexity index is 260. The number of hydrogen-bond donors (Lipinski definition) is 2. The van der Waals surface area contributed by atoms with Crippen LogP contribution in [0.15, 0.2) is 0 Å². The number of carbonyl (C=O) groups is 1. The molecule has 0 radical (unpaired) electrons. The summed E-state index contributed by atoms with van der Waals surface area (Å²) in [7, 11) is 0. The molecule has 1 fully saturated rings. The summed E-state index contributed by atoms with van der Waals surface area (Å²) in [6.45, 7) is 1.74. The molecule has 2 atom stereocenters. The molecule has 5 nitrogen and oxygen atoms in total. The maximum absolute atomic E-state index is 11.6. The molecule has 0 aromatic carbocycles. The summed E-state index contributed by atoms with van der Waals surface area (Å²) in [5.41, 5.74) is -0.639. The van der Waals surface area contributed by atoms with Crippen molar-refractivity contribution in [1.29, 1.82) is 0 Å². The monoisotopic (exact) mass is 250 g/mol. The predicted octanol–water partition coefficient (Wildman–Crippen LogP) is 0.0001000. The lowest BCUT2D eigenvalue weighted by atomic mass is 9.94. The van der Waals surface area contributed by atoms with Gasteiger partial charge < -0.3 is 19.7 Å². The van der Waals surface area contributed by atoms with Crippen LogP contribution >= 0.6 is 11.8 Å². The second kappa shape index (κ2) is 5.35. The van der Waals surface area contributed by atoms with Crippen molar-refractivity contribution in [3.05, 3.63) is 0 Å². The molecule has 2 unspecified atom stereocenters. The van der Waals surface area contributed by atoms with Crippen molar-refractivity contribution in [3.63, 3.8) is 0 Å². The van der Waals surface area contributed by atoms with E-state index < -0.39 is 17.2 Å². The molecule has 0 aromatic heterocycles. The minimum atomic E-state index is -1.87. The van der Waals surface area contributed by atoms with Crippen LogP contribution in [0.3, 0.4) is 0 Å². The van der Waals surface area contributed by atoms with E-state index in [1.165, 1.54) is 11.8 Å². The molecule has 0 spiro atoms. The Morgan fingerprint density at radius 2 is 2.19 bits per heavy atom. The highest BCUT2D eigenvalue weighted by molar-refractivity contribution is 7.98. The number of aliphatic hydroxyl groups is 2. The molecule has 1 rings (SSSR count). The van der Waals surface area contributed by atoms with Crippen LogP contribution in [0.1, 0.15) is 13.3 Å². The van der Waals surface area contributed by atoms with Crippen molar-refractivity contribution in [2.45, 2.75) is 19.1 Å². The van der Waals surface area contributed by atoms with Crippen molar-refractivity contribution in [3.8, 4) is 0 Å². The second-order valence-corrected chi connectivity index (χ2v) is 5.35. The lowest BCUT2D eigenvalue weighted by Gasteiger charge is -2.25. The summed E-state index contributed by atoms with van der Waals surface area (Å²) in [6, 6.07) is 0. The number of esters is 1. The summed E-state index contributed by atoms with van der Waals surface area (Å²) in [5, 5.41) is 19.1. The maximum atomic E-state index is 11.6. The van der Waals surface area contributed by atoms with Gasteiger partial charge in [0.05, 0.1) is 13.2 Å². The number of aliphatic hydroxyl groups excluding tert-OH is 1. The van der Waals surface area contributed by atoms with E-state index in [-0.39, 0.29) is 26.2 Å². The zero-order chi connectivity index (χ0) is 12.2. The number of carbonyl (C=O) groups excluding carboxylic acids is 1. The molecule has 1 aliphatic rings. The van der Waals surface area contributed by atoms with Crippen LogP contribution in [0, 0.1) is 5.41 Å². The van der Waals surface area contributed by atoms with Crippen molar-refractivity contribution >= 4 is 17.7 Å². The van der Waals surface area contributed by atoms with Crippen LogP contribution in [0.2, 0.25) is 0 Å². The number of thioether (sulfide) groups is 1. The van der Waals surface area contributed by atoms with Gasteiger partial charge in [-0.3, -0.25) is 0 Å². The SMILES string of the molecule is CSCCC1(O)OCC(C)(CO)COC1=O. The molecule has 2 N–H and O–H groups in total. The van der Waals surface area contributed by atoms with E-state index in [4.69, 9.17) is 14.6 Å².